The predicted octanol–water partition coefficient (Wildman–Crippen LogP) is 0.109. The molecule has 0 aromatic heterocycles. The van der Waals surface area contributed by atoms with Crippen molar-refractivity contribution in [3.8, 4) is 0 Å². The van der Waals surface area contributed by atoms with Crippen molar-refractivity contribution in [2.45, 2.75) is 44.9 Å². The average molecular weight is 319 g/mol. The van der Waals surface area contributed by atoms with E-state index in [1.54, 1.807) is 4.31 Å². The summed E-state index contributed by atoms with van der Waals surface area (Å²) in [7, 11) is -3.03. The second-order valence-corrected chi connectivity index (χ2v) is 8.47. The molecule has 124 valence electrons. The summed E-state index contributed by atoms with van der Waals surface area (Å²) in [5, 5.41) is 3.42. The van der Waals surface area contributed by atoms with Gasteiger partial charge in [-0.3, -0.25) is 4.90 Å². The van der Waals surface area contributed by atoms with E-state index in [0.29, 0.717) is 31.3 Å². The van der Waals surface area contributed by atoms with E-state index >= 15 is 0 Å². The molecule has 2 atom stereocenters. The molecule has 0 spiro atoms. The molecule has 0 radical (unpaired) electrons. The molecular formula is C14H29N3O3S. The van der Waals surface area contributed by atoms with Gasteiger partial charge < -0.3 is 10.1 Å². The number of hydrogen-bond acceptors (Lipinski definition) is 5. The fraction of sp³-hybridized carbons (Fsp3) is 1.00. The molecule has 2 heterocycles. The Labute approximate surface area is 128 Å². The Kier molecular flexibility index (Phi) is 6.02. The summed E-state index contributed by atoms with van der Waals surface area (Å²) in [5.41, 5.74) is 0. The standard InChI is InChI=1S/C14H29N3O3S/c1-12(2)15-10-13-4-5-14(20-13)11-16-6-8-17(9-7-16)21(3,18)19/h12-15H,4-11H2,1-3H3. The van der Waals surface area contributed by atoms with Gasteiger partial charge in [0.05, 0.1) is 18.5 Å². The third-order valence-corrected chi connectivity index (χ3v) is 5.51. The molecule has 2 unspecified atom stereocenters. The van der Waals surface area contributed by atoms with Gasteiger partial charge in [-0.2, -0.15) is 4.31 Å². The zero-order valence-electron chi connectivity index (χ0n) is 13.4. The van der Waals surface area contributed by atoms with Crippen molar-refractivity contribution >= 4 is 10.0 Å². The van der Waals surface area contributed by atoms with Crippen LogP contribution in [0.2, 0.25) is 0 Å². The van der Waals surface area contributed by atoms with Gasteiger partial charge in [0, 0.05) is 45.3 Å². The molecule has 2 rings (SSSR count). The van der Waals surface area contributed by atoms with Crippen LogP contribution in [0.25, 0.3) is 0 Å². The quantitative estimate of drug-likeness (QED) is 0.753. The van der Waals surface area contributed by atoms with Gasteiger partial charge in [0.2, 0.25) is 10.0 Å². The molecule has 0 aliphatic carbocycles. The normalized spacial score (nSPS) is 29.3. The Morgan fingerprint density at radius 2 is 1.76 bits per heavy atom. The van der Waals surface area contributed by atoms with E-state index in [4.69, 9.17) is 4.74 Å². The highest BCUT2D eigenvalue weighted by Gasteiger charge is 2.29. The van der Waals surface area contributed by atoms with Crippen molar-refractivity contribution in [1.82, 2.24) is 14.5 Å². The van der Waals surface area contributed by atoms with E-state index in [1.165, 1.54) is 6.26 Å². The zero-order valence-corrected chi connectivity index (χ0v) is 14.2. The lowest BCUT2D eigenvalue weighted by molar-refractivity contribution is 0.0171. The molecule has 6 nitrogen and oxygen atoms in total. The highest BCUT2D eigenvalue weighted by atomic mass is 32.2. The summed E-state index contributed by atoms with van der Waals surface area (Å²) in [6.07, 6.45) is 4.14. The summed E-state index contributed by atoms with van der Waals surface area (Å²) in [6.45, 7) is 8.96. The summed E-state index contributed by atoms with van der Waals surface area (Å²) >= 11 is 0. The lowest BCUT2D eigenvalue weighted by Gasteiger charge is -2.34. The lowest BCUT2D eigenvalue weighted by Crippen LogP contribution is -2.50. The lowest BCUT2D eigenvalue weighted by atomic mass is 10.1. The van der Waals surface area contributed by atoms with Crippen molar-refractivity contribution in [1.29, 1.82) is 0 Å². The van der Waals surface area contributed by atoms with Crippen LogP contribution in [0.1, 0.15) is 26.7 Å². The number of nitrogens with one attached hydrogen (secondary N) is 1. The maximum absolute atomic E-state index is 11.5. The number of piperazine rings is 1. The maximum atomic E-state index is 11.5. The Bertz CT molecular complexity index is 419. The Hall–Kier alpha value is -0.210. The molecule has 0 aromatic carbocycles. The van der Waals surface area contributed by atoms with Crippen LogP contribution in [0.15, 0.2) is 0 Å². The molecule has 2 fully saturated rings. The van der Waals surface area contributed by atoms with Crippen LogP contribution in [0.3, 0.4) is 0 Å². The number of sulfonamides is 1. The van der Waals surface area contributed by atoms with Crippen LogP contribution in [-0.2, 0) is 14.8 Å². The van der Waals surface area contributed by atoms with Crippen molar-refractivity contribution in [2.75, 3.05) is 45.5 Å². The summed E-state index contributed by atoms with van der Waals surface area (Å²) in [5.74, 6) is 0. The Balaban J connectivity index is 1.68. The van der Waals surface area contributed by atoms with E-state index in [1.807, 2.05) is 0 Å². The van der Waals surface area contributed by atoms with Gasteiger partial charge in [-0.1, -0.05) is 13.8 Å². The molecule has 2 saturated heterocycles. The van der Waals surface area contributed by atoms with Crippen molar-refractivity contribution in [2.24, 2.45) is 0 Å². The maximum Gasteiger partial charge on any atom is 0.211 e. The molecule has 0 bridgehead atoms. The third-order valence-electron chi connectivity index (χ3n) is 4.21. The minimum atomic E-state index is -3.03. The van der Waals surface area contributed by atoms with Crippen LogP contribution >= 0.6 is 0 Å². The van der Waals surface area contributed by atoms with E-state index in [0.717, 1.165) is 39.0 Å². The predicted molar refractivity (Wildman–Crippen MR) is 83.9 cm³/mol. The second kappa shape index (κ2) is 7.37. The zero-order chi connectivity index (χ0) is 15.5. The van der Waals surface area contributed by atoms with E-state index in [2.05, 4.69) is 24.1 Å². The molecule has 1 N–H and O–H groups in total. The van der Waals surface area contributed by atoms with Crippen molar-refractivity contribution in [3.63, 3.8) is 0 Å². The Morgan fingerprint density at radius 3 is 2.33 bits per heavy atom. The van der Waals surface area contributed by atoms with Crippen LogP contribution < -0.4 is 5.32 Å². The highest BCUT2D eigenvalue weighted by Crippen LogP contribution is 2.21. The summed E-state index contributed by atoms with van der Waals surface area (Å²) in [6, 6.07) is 0.497. The first-order chi connectivity index (χ1) is 9.84. The molecular weight excluding hydrogens is 290 g/mol. The topological polar surface area (TPSA) is 61.9 Å². The number of nitrogens with zero attached hydrogens (tertiary/aromatic N) is 2. The van der Waals surface area contributed by atoms with E-state index < -0.39 is 10.0 Å². The third kappa shape index (κ3) is 5.49. The smallest absolute Gasteiger partial charge is 0.211 e. The number of hydrogen-bond donors (Lipinski definition) is 1. The fourth-order valence-corrected chi connectivity index (χ4v) is 3.79. The first-order valence-corrected chi connectivity index (χ1v) is 9.75. The van der Waals surface area contributed by atoms with E-state index in [9.17, 15) is 8.42 Å². The average Bonchev–Trinajstić information content (AvgIpc) is 2.83. The van der Waals surface area contributed by atoms with Gasteiger partial charge in [0.25, 0.3) is 0 Å². The fourth-order valence-electron chi connectivity index (χ4n) is 2.96. The van der Waals surface area contributed by atoms with Crippen LogP contribution in [0.5, 0.6) is 0 Å². The molecule has 0 aromatic rings. The van der Waals surface area contributed by atoms with Crippen molar-refractivity contribution in [3.05, 3.63) is 0 Å². The SMILES string of the molecule is CC(C)NCC1CCC(CN2CCN(S(C)(=O)=O)CC2)O1. The van der Waals surface area contributed by atoms with Gasteiger partial charge in [0.15, 0.2) is 0 Å². The van der Waals surface area contributed by atoms with Gasteiger partial charge in [-0.15, -0.1) is 0 Å². The molecule has 0 amide bonds. The van der Waals surface area contributed by atoms with Crippen LogP contribution in [-0.4, -0.2) is 81.4 Å². The van der Waals surface area contributed by atoms with Gasteiger partial charge >= 0.3 is 0 Å². The van der Waals surface area contributed by atoms with Gasteiger partial charge in [0.1, 0.15) is 0 Å². The number of rotatable bonds is 6. The second-order valence-electron chi connectivity index (χ2n) is 6.48. The minimum Gasteiger partial charge on any atom is -0.372 e. The number of ether oxygens (including phenoxy) is 1. The molecule has 2 aliphatic rings. The van der Waals surface area contributed by atoms with Crippen molar-refractivity contribution < 1.29 is 13.2 Å². The molecule has 0 saturated carbocycles. The molecule has 2 aliphatic heterocycles. The molecule has 7 heteroatoms. The van der Waals surface area contributed by atoms with Gasteiger partial charge in [-0.05, 0) is 12.8 Å². The first-order valence-electron chi connectivity index (χ1n) is 7.91. The Morgan fingerprint density at radius 1 is 1.14 bits per heavy atom. The summed E-state index contributed by atoms with van der Waals surface area (Å²) < 4.78 is 30.6. The molecule has 21 heavy (non-hydrogen) atoms. The largest absolute Gasteiger partial charge is 0.372 e. The van der Waals surface area contributed by atoms with E-state index in [-0.39, 0.29) is 0 Å². The monoisotopic (exact) mass is 319 g/mol. The highest BCUT2D eigenvalue weighted by molar-refractivity contribution is 7.88. The van der Waals surface area contributed by atoms with Gasteiger partial charge in [-0.25, -0.2) is 8.42 Å². The van der Waals surface area contributed by atoms with Crippen LogP contribution in [0, 0.1) is 0 Å². The summed E-state index contributed by atoms with van der Waals surface area (Å²) in [4.78, 5) is 2.32. The minimum absolute atomic E-state index is 0.300. The van der Waals surface area contributed by atoms with Crippen LogP contribution in [0.4, 0.5) is 0 Å². The first kappa shape index (κ1) is 17.1.